The van der Waals surface area contributed by atoms with Crippen molar-refractivity contribution in [3.05, 3.63) is 41.5 Å². The van der Waals surface area contributed by atoms with Crippen molar-refractivity contribution < 1.29 is 28.8 Å². The van der Waals surface area contributed by atoms with E-state index in [-0.39, 0.29) is 23.7 Å². The molecule has 1 unspecified atom stereocenters. The van der Waals surface area contributed by atoms with Crippen LogP contribution in [0.3, 0.4) is 0 Å². The molecule has 2 aromatic carbocycles. The molecular formula is C18H18O6. The molecule has 3 rings (SSSR count). The molecule has 1 N–H and O–H groups in total. The van der Waals surface area contributed by atoms with E-state index in [0.29, 0.717) is 28.4 Å². The first kappa shape index (κ1) is 16.0. The first-order valence-electron chi connectivity index (χ1n) is 7.40. The predicted molar refractivity (Wildman–Crippen MR) is 86.5 cm³/mol. The molecule has 0 fully saturated rings. The summed E-state index contributed by atoms with van der Waals surface area (Å²) in [6, 6.07) is 8.31. The summed E-state index contributed by atoms with van der Waals surface area (Å²) in [7, 11) is 4.48. The molecule has 0 bridgehead atoms. The molecule has 0 saturated heterocycles. The molecule has 24 heavy (non-hydrogen) atoms. The Labute approximate surface area is 139 Å². The maximum Gasteiger partial charge on any atom is 0.203 e. The number of hydrogen-bond acceptors (Lipinski definition) is 6. The van der Waals surface area contributed by atoms with Gasteiger partial charge in [-0.25, -0.2) is 0 Å². The quantitative estimate of drug-likeness (QED) is 0.928. The Morgan fingerprint density at radius 2 is 1.88 bits per heavy atom. The van der Waals surface area contributed by atoms with E-state index in [0.717, 1.165) is 0 Å². The van der Waals surface area contributed by atoms with Gasteiger partial charge in [-0.15, -0.1) is 0 Å². The number of carbonyl (C=O) groups is 1. The SMILES string of the molecule is COc1ccc2c(c1)OC(c1cc(O)c(OC)c(OC)c1)CC2=O. The number of carbonyl (C=O) groups excluding carboxylic acids is 1. The molecule has 1 heterocycles. The molecule has 126 valence electrons. The molecule has 0 aliphatic carbocycles. The van der Waals surface area contributed by atoms with Crippen molar-refractivity contribution in [2.45, 2.75) is 12.5 Å². The number of aromatic hydroxyl groups is 1. The van der Waals surface area contributed by atoms with E-state index in [4.69, 9.17) is 18.9 Å². The van der Waals surface area contributed by atoms with Crippen molar-refractivity contribution in [3.63, 3.8) is 0 Å². The van der Waals surface area contributed by atoms with Gasteiger partial charge in [-0.05, 0) is 24.3 Å². The molecule has 6 nitrogen and oxygen atoms in total. The summed E-state index contributed by atoms with van der Waals surface area (Å²) in [6.07, 6.45) is -0.350. The molecular weight excluding hydrogens is 312 g/mol. The normalized spacial score (nSPS) is 16.1. The van der Waals surface area contributed by atoms with Gasteiger partial charge in [0.1, 0.15) is 17.6 Å². The Morgan fingerprint density at radius 3 is 2.54 bits per heavy atom. The van der Waals surface area contributed by atoms with Crippen molar-refractivity contribution in [3.8, 4) is 28.7 Å². The summed E-state index contributed by atoms with van der Waals surface area (Å²) in [5, 5.41) is 10.1. The van der Waals surface area contributed by atoms with Crippen LogP contribution >= 0.6 is 0 Å². The topological polar surface area (TPSA) is 74.2 Å². The van der Waals surface area contributed by atoms with Crippen LogP contribution in [-0.4, -0.2) is 32.2 Å². The smallest absolute Gasteiger partial charge is 0.203 e. The van der Waals surface area contributed by atoms with Crippen molar-refractivity contribution >= 4 is 5.78 Å². The maximum atomic E-state index is 12.4. The molecule has 0 amide bonds. The summed E-state index contributed by atoms with van der Waals surface area (Å²) >= 11 is 0. The first-order chi connectivity index (χ1) is 11.6. The summed E-state index contributed by atoms with van der Waals surface area (Å²) in [5.41, 5.74) is 1.16. The standard InChI is InChI=1S/C18H18O6/c1-21-11-4-5-12-13(19)9-15(24-16(12)8-11)10-6-14(20)18(23-3)17(7-10)22-2/h4-8,15,20H,9H2,1-3H3. The van der Waals surface area contributed by atoms with Crippen molar-refractivity contribution in [1.29, 1.82) is 0 Å². The number of phenolic OH excluding ortho intramolecular Hbond substituents is 1. The van der Waals surface area contributed by atoms with Crippen LogP contribution in [0.5, 0.6) is 28.7 Å². The number of methoxy groups -OCH3 is 3. The molecule has 1 atom stereocenters. The largest absolute Gasteiger partial charge is 0.504 e. The summed E-state index contributed by atoms with van der Waals surface area (Å²) in [4.78, 5) is 12.4. The number of hydrogen-bond donors (Lipinski definition) is 1. The van der Waals surface area contributed by atoms with E-state index >= 15 is 0 Å². The maximum absolute atomic E-state index is 12.4. The van der Waals surface area contributed by atoms with Gasteiger partial charge in [0.25, 0.3) is 0 Å². The van der Waals surface area contributed by atoms with Crippen LogP contribution in [0.4, 0.5) is 0 Å². The van der Waals surface area contributed by atoms with E-state index in [1.54, 1.807) is 31.4 Å². The Balaban J connectivity index is 1.99. The highest BCUT2D eigenvalue weighted by atomic mass is 16.5. The van der Waals surface area contributed by atoms with Crippen LogP contribution in [-0.2, 0) is 0 Å². The minimum atomic E-state index is -0.525. The Morgan fingerprint density at radius 1 is 1.08 bits per heavy atom. The highest BCUT2D eigenvalue weighted by Crippen LogP contribution is 2.43. The Kier molecular flexibility index (Phi) is 4.20. The van der Waals surface area contributed by atoms with Gasteiger partial charge in [0.05, 0.1) is 33.3 Å². The van der Waals surface area contributed by atoms with Crippen LogP contribution in [0.1, 0.15) is 28.4 Å². The third-order valence-corrected chi connectivity index (χ3v) is 3.98. The van der Waals surface area contributed by atoms with Gasteiger partial charge < -0.3 is 24.1 Å². The molecule has 0 spiro atoms. The van der Waals surface area contributed by atoms with Crippen LogP contribution in [0.2, 0.25) is 0 Å². The lowest BCUT2D eigenvalue weighted by molar-refractivity contribution is 0.0848. The van der Waals surface area contributed by atoms with E-state index in [1.165, 1.54) is 20.3 Å². The Bertz CT molecular complexity index is 783. The minimum absolute atomic E-state index is 0.0295. The van der Waals surface area contributed by atoms with Crippen LogP contribution in [0, 0.1) is 0 Å². The second-order valence-electron chi connectivity index (χ2n) is 5.37. The highest BCUT2D eigenvalue weighted by Gasteiger charge is 2.29. The lowest BCUT2D eigenvalue weighted by Crippen LogP contribution is -2.20. The zero-order chi connectivity index (χ0) is 17.3. The molecule has 0 saturated carbocycles. The average molecular weight is 330 g/mol. The van der Waals surface area contributed by atoms with Crippen molar-refractivity contribution in [2.75, 3.05) is 21.3 Å². The summed E-state index contributed by atoms with van der Waals surface area (Å²) in [6.45, 7) is 0. The van der Waals surface area contributed by atoms with Gasteiger partial charge in [0, 0.05) is 11.6 Å². The van der Waals surface area contributed by atoms with E-state index in [1.807, 2.05) is 0 Å². The lowest BCUT2D eigenvalue weighted by Gasteiger charge is -2.26. The molecule has 2 aromatic rings. The summed E-state index contributed by atoms with van der Waals surface area (Å²) in [5.74, 6) is 1.59. The zero-order valence-corrected chi connectivity index (χ0v) is 13.7. The Hall–Kier alpha value is -2.89. The molecule has 0 radical (unpaired) electrons. The van der Waals surface area contributed by atoms with Crippen LogP contribution < -0.4 is 18.9 Å². The van der Waals surface area contributed by atoms with E-state index in [2.05, 4.69) is 0 Å². The fraction of sp³-hybridized carbons (Fsp3) is 0.278. The third-order valence-electron chi connectivity index (χ3n) is 3.98. The van der Waals surface area contributed by atoms with Gasteiger partial charge in [-0.3, -0.25) is 4.79 Å². The van der Waals surface area contributed by atoms with Crippen molar-refractivity contribution in [2.24, 2.45) is 0 Å². The number of fused-ring (bicyclic) bond motifs is 1. The van der Waals surface area contributed by atoms with Crippen LogP contribution in [0.15, 0.2) is 30.3 Å². The molecule has 1 aliphatic heterocycles. The number of rotatable bonds is 4. The van der Waals surface area contributed by atoms with Gasteiger partial charge in [0.15, 0.2) is 17.3 Å². The third kappa shape index (κ3) is 2.71. The second kappa shape index (κ2) is 6.31. The number of ketones is 1. The predicted octanol–water partition coefficient (Wildman–Crippen LogP) is 3.12. The molecule has 0 aromatic heterocycles. The fourth-order valence-electron chi connectivity index (χ4n) is 2.77. The molecule has 6 heteroatoms. The number of Topliss-reactive ketones (excluding diaryl/α,β-unsaturated/α-hetero) is 1. The monoisotopic (exact) mass is 330 g/mol. The van der Waals surface area contributed by atoms with Gasteiger partial charge in [-0.2, -0.15) is 0 Å². The van der Waals surface area contributed by atoms with E-state index in [9.17, 15) is 9.90 Å². The van der Waals surface area contributed by atoms with E-state index < -0.39 is 6.10 Å². The van der Waals surface area contributed by atoms with Crippen molar-refractivity contribution in [1.82, 2.24) is 0 Å². The summed E-state index contributed by atoms with van der Waals surface area (Å²) < 4.78 is 21.5. The van der Waals surface area contributed by atoms with Gasteiger partial charge >= 0.3 is 0 Å². The van der Waals surface area contributed by atoms with Gasteiger partial charge in [-0.1, -0.05) is 0 Å². The number of benzene rings is 2. The zero-order valence-electron chi connectivity index (χ0n) is 13.7. The fourth-order valence-corrected chi connectivity index (χ4v) is 2.77. The molecule has 1 aliphatic rings. The first-order valence-corrected chi connectivity index (χ1v) is 7.40. The highest BCUT2D eigenvalue weighted by molar-refractivity contribution is 6.00. The average Bonchev–Trinajstić information content (AvgIpc) is 2.60. The second-order valence-corrected chi connectivity index (χ2v) is 5.37. The lowest BCUT2D eigenvalue weighted by atomic mass is 9.95. The minimum Gasteiger partial charge on any atom is -0.504 e. The van der Waals surface area contributed by atoms with Crippen LogP contribution in [0.25, 0.3) is 0 Å². The van der Waals surface area contributed by atoms with Gasteiger partial charge in [0.2, 0.25) is 5.75 Å². The number of phenols is 1. The number of ether oxygens (including phenoxy) is 4.